The first-order valence-electron chi connectivity index (χ1n) is 11.6. The van der Waals surface area contributed by atoms with Crippen molar-refractivity contribution in [1.29, 1.82) is 0 Å². The van der Waals surface area contributed by atoms with Crippen molar-refractivity contribution < 1.29 is 17.9 Å². The summed E-state index contributed by atoms with van der Waals surface area (Å²) >= 11 is 0. The summed E-state index contributed by atoms with van der Waals surface area (Å²) in [6.45, 7) is 1.03. The van der Waals surface area contributed by atoms with Crippen LogP contribution in [-0.4, -0.2) is 54.3 Å². The minimum Gasteiger partial charge on any atom is -0.443 e. The molecule has 9 nitrogen and oxygen atoms in total. The molecule has 35 heavy (non-hydrogen) atoms. The monoisotopic (exact) mass is 493 g/mol. The van der Waals surface area contributed by atoms with E-state index in [0.717, 1.165) is 23.7 Å². The van der Waals surface area contributed by atoms with Crippen LogP contribution in [0.25, 0.3) is 0 Å². The van der Waals surface area contributed by atoms with Crippen LogP contribution in [0.3, 0.4) is 0 Å². The molecule has 1 amide bonds. The number of rotatable bonds is 7. The predicted octanol–water partition coefficient (Wildman–Crippen LogP) is 3.90. The number of piperidine rings is 1. The maximum atomic E-state index is 14.3. The topological polar surface area (TPSA) is 95.1 Å². The molecular formula is C25H27N5O4S. The van der Waals surface area contributed by atoms with Gasteiger partial charge in [0.05, 0.1) is 10.6 Å². The van der Waals surface area contributed by atoms with Gasteiger partial charge < -0.3 is 4.74 Å². The van der Waals surface area contributed by atoms with Gasteiger partial charge >= 0.3 is 6.09 Å². The summed E-state index contributed by atoms with van der Waals surface area (Å²) in [5, 5.41) is 0. The SMILES string of the molecule is O=C1OCC(N2CCCCC2)(N(Nc2ccccn2)S(=O)(=O)c2ccccc2)N1c1ccccc1. The van der Waals surface area contributed by atoms with Crippen LogP contribution in [0, 0.1) is 0 Å². The zero-order valence-electron chi connectivity index (χ0n) is 19.2. The molecule has 3 aromatic rings. The number of hydrogen-bond acceptors (Lipinski definition) is 7. The number of amides is 1. The van der Waals surface area contributed by atoms with Gasteiger partial charge in [0, 0.05) is 19.3 Å². The minimum absolute atomic E-state index is 0.0900. The number of hydrogen-bond donors (Lipinski definition) is 1. The Kier molecular flexibility index (Phi) is 6.42. The molecule has 1 aromatic heterocycles. The number of ether oxygens (including phenoxy) is 1. The Bertz CT molecular complexity index is 1250. The number of cyclic esters (lactones) is 1. The Morgan fingerprint density at radius 3 is 2.20 bits per heavy atom. The van der Waals surface area contributed by atoms with Gasteiger partial charge in [0.15, 0.2) is 0 Å². The number of sulfonamides is 1. The van der Waals surface area contributed by atoms with Crippen LogP contribution in [0.4, 0.5) is 16.3 Å². The molecule has 1 atom stereocenters. The molecule has 1 N–H and O–H groups in total. The summed E-state index contributed by atoms with van der Waals surface area (Å²) in [4.78, 5) is 21.1. The van der Waals surface area contributed by atoms with Gasteiger partial charge in [-0.2, -0.15) is 0 Å². The van der Waals surface area contributed by atoms with Crippen LogP contribution >= 0.6 is 0 Å². The van der Waals surface area contributed by atoms with E-state index < -0.39 is 21.9 Å². The molecule has 2 saturated heterocycles. The summed E-state index contributed by atoms with van der Waals surface area (Å²) in [5.74, 6) is -1.17. The van der Waals surface area contributed by atoms with Crippen molar-refractivity contribution >= 4 is 27.6 Å². The summed E-state index contributed by atoms with van der Waals surface area (Å²) in [6.07, 6.45) is 3.75. The lowest BCUT2D eigenvalue weighted by molar-refractivity contribution is -0.0168. The van der Waals surface area contributed by atoms with Gasteiger partial charge in [-0.1, -0.05) is 53.3 Å². The molecule has 3 heterocycles. The van der Waals surface area contributed by atoms with E-state index in [0.29, 0.717) is 24.6 Å². The van der Waals surface area contributed by atoms with E-state index in [-0.39, 0.29) is 11.5 Å². The molecular weight excluding hydrogens is 466 g/mol. The van der Waals surface area contributed by atoms with Crippen LogP contribution in [-0.2, 0) is 14.8 Å². The molecule has 2 aromatic carbocycles. The van der Waals surface area contributed by atoms with Gasteiger partial charge in [0.1, 0.15) is 12.4 Å². The highest BCUT2D eigenvalue weighted by Crippen LogP contribution is 2.40. The molecule has 2 aliphatic heterocycles. The number of anilines is 2. The van der Waals surface area contributed by atoms with Crippen molar-refractivity contribution in [2.24, 2.45) is 0 Å². The number of nitrogens with zero attached hydrogens (tertiary/aromatic N) is 4. The van der Waals surface area contributed by atoms with Crippen LogP contribution in [0.1, 0.15) is 19.3 Å². The second-order valence-corrected chi connectivity index (χ2v) is 10.2. The van der Waals surface area contributed by atoms with E-state index in [2.05, 4.69) is 10.4 Å². The Morgan fingerprint density at radius 2 is 1.54 bits per heavy atom. The smallest absolute Gasteiger partial charge is 0.417 e. The van der Waals surface area contributed by atoms with E-state index in [9.17, 15) is 13.2 Å². The fourth-order valence-corrected chi connectivity index (χ4v) is 6.22. The Morgan fingerprint density at radius 1 is 0.886 bits per heavy atom. The van der Waals surface area contributed by atoms with E-state index in [1.165, 1.54) is 17.0 Å². The number of pyridine rings is 1. The van der Waals surface area contributed by atoms with Crippen LogP contribution in [0.5, 0.6) is 0 Å². The quantitative estimate of drug-likeness (QED) is 0.499. The van der Waals surface area contributed by atoms with Crippen LogP contribution < -0.4 is 10.3 Å². The normalized spacial score (nSPS) is 21.2. The van der Waals surface area contributed by atoms with E-state index in [4.69, 9.17) is 4.74 Å². The predicted molar refractivity (Wildman–Crippen MR) is 132 cm³/mol. The number of hydrazine groups is 1. The maximum absolute atomic E-state index is 14.3. The lowest BCUT2D eigenvalue weighted by Gasteiger charge is -2.50. The van der Waals surface area contributed by atoms with E-state index >= 15 is 0 Å². The Labute approximate surface area is 205 Å². The van der Waals surface area contributed by atoms with Crippen molar-refractivity contribution in [3.63, 3.8) is 0 Å². The first-order valence-corrected chi connectivity index (χ1v) is 13.0. The number of carbonyl (C=O) groups excluding carboxylic acids is 1. The zero-order valence-corrected chi connectivity index (χ0v) is 20.0. The number of carbonyl (C=O) groups is 1. The van der Waals surface area contributed by atoms with Gasteiger partial charge in [-0.3, -0.25) is 10.3 Å². The standard InChI is InChI=1S/C25H27N5O4S/c31-24-29(21-12-4-1-5-13-21)25(20-34-24,28-18-10-3-11-19-28)30(27-23-16-8-9-17-26-23)35(32,33)22-14-6-2-7-15-22/h1-2,4-9,12-17H,3,10-11,18-20H2,(H,26,27). The molecule has 0 spiro atoms. The Hall–Kier alpha value is -3.47. The number of benzene rings is 2. The minimum atomic E-state index is -4.19. The third kappa shape index (κ3) is 4.24. The average molecular weight is 494 g/mol. The fourth-order valence-electron chi connectivity index (χ4n) is 4.66. The highest BCUT2D eigenvalue weighted by Gasteiger charge is 2.61. The maximum Gasteiger partial charge on any atom is 0.417 e. The number of para-hydroxylation sites is 1. The molecule has 0 radical (unpaired) electrons. The summed E-state index contributed by atoms with van der Waals surface area (Å²) in [7, 11) is -4.19. The van der Waals surface area contributed by atoms with Gasteiger partial charge in [-0.05, 0) is 49.2 Å². The summed E-state index contributed by atoms with van der Waals surface area (Å²) in [5.41, 5.74) is 3.58. The van der Waals surface area contributed by atoms with Crippen molar-refractivity contribution in [2.45, 2.75) is 29.9 Å². The number of nitrogens with one attached hydrogen (secondary N) is 1. The average Bonchev–Trinajstić information content (AvgIpc) is 3.26. The zero-order chi connectivity index (χ0) is 24.3. The van der Waals surface area contributed by atoms with Gasteiger partial charge in [-0.25, -0.2) is 23.1 Å². The van der Waals surface area contributed by atoms with Crippen LogP contribution in [0.2, 0.25) is 0 Å². The molecule has 182 valence electrons. The highest BCUT2D eigenvalue weighted by atomic mass is 32.2. The second kappa shape index (κ2) is 9.65. The lowest BCUT2D eigenvalue weighted by atomic mass is 10.1. The third-order valence-electron chi connectivity index (χ3n) is 6.29. The second-order valence-electron chi connectivity index (χ2n) is 8.46. The summed E-state index contributed by atoms with van der Waals surface area (Å²) < 4.78 is 35.3. The molecule has 0 aliphatic carbocycles. The third-order valence-corrected chi connectivity index (χ3v) is 8.03. The van der Waals surface area contributed by atoms with Crippen molar-refractivity contribution in [2.75, 3.05) is 30.0 Å². The number of aromatic nitrogens is 1. The van der Waals surface area contributed by atoms with Gasteiger partial charge in [0.25, 0.3) is 10.0 Å². The van der Waals surface area contributed by atoms with Gasteiger partial charge in [0.2, 0.25) is 5.79 Å². The first kappa shape index (κ1) is 23.3. The molecule has 1 unspecified atom stereocenters. The molecule has 10 heteroatoms. The molecule has 5 rings (SSSR count). The Balaban J connectivity index is 1.74. The molecule has 0 bridgehead atoms. The van der Waals surface area contributed by atoms with Gasteiger partial charge in [-0.15, -0.1) is 0 Å². The van der Waals surface area contributed by atoms with Crippen molar-refractivity contribution in [1.82, 2.24) is 14.3 Å². The summed E-state index contributed by atoms with van der Waals surface area (Å²) in [6, 6.07) is 22.4. The van der Waals surface area contributed by atoms with Crippen molar-refractivity contribution in [3.05, 3.63) is 85.1 Å². The van der Waals surface area contributed by atoms with E-state index in [1.807, 2.05) is 23.1 Å². The molecule has 2 fully saturated rings. The van der Waals surface area contributed by atoms with Crippen LogP contribution in [0.15, 0.2) is 90.0 Å². The lowest BCUT2D eigenvalue weighted by Crippen LogP contribution is -2.73. The molecule has 0 saturated carbocycles. The highest BCUT2D eigenvalue weighted by molar-refractivity contribution is 7.89. The number of likely N-dealkylation sites (tertiary alicyclic amines) is 1. The molecule has 2 aliphatic rings. The largest absolute Gasteiger partial charge is 0.443 e. The van der Waals surface area contributed by atoms with E-state index in [1.54, 1.807) is 54.7 Å². The fraction of sp³-hybridized carbons (Fsp3) is 0.280. The van der Waals surface area contributed by atoms with Crippen molar-refractivity contribution in [3.8, 4) is 0 Å². The first-order chi connectivity index (χ1) is 17.0.